The van der Waals surface area contributed by atoms with E-state index in [1.807, 2.05) is 6.07 Å². The van der Waals surface area contributed by atoms with Gasteiger partial charge in [-0.25, -0.2) is 14.4 Å². The predicted octanol–water partition coefficient (Wildman–Crippen LogP) is 2.55. The van der Waals surface area contributed by atoms with Gasteiger partial charge in [0.15, 0.2) is 0 Å². The van der Waals surface area contributed by atoms with E-state index in [-0.39, 0.29) is 24.5 Å². The van der Waals surface area contributed by atoms with Gasteiger partial charge in [-0.1, -0.05) is 6.92 Å². The number of aryl methyl sites for hydroxylation is 1. The van der Waals surface area contributed by atoms with Crippen LogP contribution in [0.2, 0.25) is 0 Å². The SMILES string of the molecule is CCOC(=O)C1=C(COC(=O)c2cc3c(s2)CC[C@H](C)C3)NC(=O)N[C@H]1C. The van der Waals surface area contributed by atoms with E-state index in [4.69, 9.17) is 9.47 Å². The molecular formula is C19H24N2O5S. The lowest BCUT2D eigenvalue weighted by Crippen LogP contribution is -2.50. The largest absolute Gasteiger partial charge is 0.463 e. The molecule has 2 amide bonds. The van der Waals surface area contributed by atoms with Crippen LogP contribution < -0.4 is 10.6 Å². The van der Waals surface area contributed by atoms with Crippen molar-refractivity contribution in [2.75, 3.05) is 13.2 Å². The van der Waals surface area contributed by atoms with E-state index in [1.165, 1.54) is 21.8 Å². The molecule has 0 spiro atoms. The van der Waals surface area contributed by atoms with Crippen molar-refractivity contribution < 1.29 is 23.9 Å². The number of carbonyl (C=O) groups is 3. The van der Waals surface area contributed by atoms with Crippen molar-refractivity contribution in [1.29, 1.82) is 0 Å². The summed E-state index contributed by atoms with van der Waals surface area (Å²) in [5.74, 6) is -0.359. The van der Waals surface area contributed by atoms with Crippen LogP contribution >= 0.6 is 11.3 Å². The number of amides is 2. The van der Waals surface area contributed by atoms with Gasteiger partial charge in [-0.15, -0.1) is 11.3 Å². The Bertz CT molecular complexity index is 798. The number of ether oxygens (including phenoxy) is 2. The lowest BCUT2D eigenvalue weighted by atomic mass is 9.90. The molecular weight excluding hydrogens is 368 g/mol. The minimum atomic E-state index is -0.538. The Labute approximate surface area is 162 Å². The van der Waals surface area contributed by atoms with E-state index in [1.54, 1.807) is 13.8 Å². The maximum absolute atomic E-state index is 12.5. The van der Waals surface area contributed by atoms with Crippen LogP contribution in [0.1, 0.15) is 47.3 Å². The van der Waals surface area contributed by atoms with Crippen molar-refractivity contribution in [2.24, 2.45) is 5.92 Å². The number of fused-ring (bicyclic) bond motifs is 1. The number of urea groups is 1. The van der Waals surface area contributed by atoms with Crippen molar-refractivity contribution in [1.82, 2.24) is 10.6 Å². The van der Waals surface area contributed by atoms with Crippen molar-refractivity contribution in [3.8, 4) is 0 Å². The molecule has 0 unspecified atom stereocenters. The summed E-state index contributed by atoms with van der Waals surface area (Å²) in [6.45, 7) is 5.63. The van der Waals surface area contributed by atoms with E-state index in [9.17, 15) is 14.4 Å². The molecule has 0 aromatic carbocycles. The Morgan fingerprint density at radius 2 is 2.04 bits per heavy atom. The molecule has 3 rings (SSSR count). The van der Waals surface area contributed by atoms with Crippen molar-refractivity contribution in [3.63, 3.8) is 0 Å². The van der Waals surface area contributed by atoms with Gasteiger partial charge in [0.2, 0.25) is 0 Å². The highest BCUT2D eigenvalue weighted by molar-refractivity contribution is 7.14. The van der Waals surface area contributed by atoms with Gasteiger partial charge >= 0.3 is 18.0 Å². The molecule has 146 valence electrons. The smallest absolute Gasteiger partial charge is 0.348 e. The summed E-state index contributed by atoms with van der Waals surface area (Å²) in [7, 11) is 0. The number of hydrogen-bond acceptors (Lipinski definition) is 6. The number of thiophene rings is 1. The Kier molecular flexibility index (Phi) is 5.84. The lowest BCUT2D eigenvalue weighted by Gasteiger charge is -2.26. The second kappa shape index (κ2) is 8.12. The quantitative estimate of drug-likeness (QED) is 0.751. The number of hydrogen-bond donors (Lipinski definition) is 2. The lowest BCUT2D eigenvalue weighted by molar-refractivity contribution is -0.139. The molecule has 2 N–H and O–H groups in total. The topological polar surface area (TPSA) is 93.7 Å². The van der Waals surface area contributed by atoms with Crippen LogP contribution in [0.5, 0.6) is 0 Å². The third-order valence-corrected chi connectivity index (χ3v) is 5.96. The minimum Gasteiger partial charge on any atom is -0.463 e. The first-order valence-corrected chi connectivity index (χ1v) is 9.97. The van der Waals surface area contributed by atoms with Crippen molar-refractivity contribution >= 4 is 29.3 Å². The monoisotopic (exact) mass is 392 g/mol. The van der Waals surface area contributed by atoms with E-state index in [0.717, 1.165) is 19.3 Å². The Morgan fingerprint density at radius 1 is 1.26 bits per heavy atom. The van der Waals surface area contributed by atoms with Gasteiger partial charge in [-0.2, -0.15) is 0 Å². The standard InChI is InChI=1S/C19H24N2O5S/c1-4-25-18(23)16-11(3)20-19(24)21-13(16)9-26-17(22)15-8-12-7-10(2)5-6-14(12)27-15/h8,10-11H,4-7,9H2,1-3H3,(H2,20,21,24)/t10-,11-/m0/s1. The molecule has 1 aliphatic heterocycles. The fourth-order valence-electron chi connectivity index (χ4n) is 3.41. The van der Waals surface area contributed by atoms with E-state index < -0.39 is 24.0 Å². The number of rotatable bonds is 5. The molecule has 7 nitrogen and oxygen atoms in total. The van der Waals surface area contributed by atoms with Gasteiger partial charge in [-0.3, -0.25) is 0 Å². The summed E-state index contributed by atoms with van der Waals surface area (Å²) >= 11 is 1.47. The summed E-state index contributed by atoms with van der Waals surface area (Å²) in [6.07, 6.45) is 3.11. The molecule has 1 aromatic rings. The summed E-state index contributed by atoms with van der Waals surface area (Å²) < 4.78 is 10.4. The van der Waals surface area contributed by atoms with Gasteiger partial charge in [0.05, 0.1) is 23.9 Å². The zero-order valence-corrected chi connectivity index (χ0v) is 16.5. The molecule has 1 aliphatic carbocycles. The first-order chi connectivity index (χ1) is 12.9. The Morgan fingerprint density at radius 3 is 2.78 bits per heavy atom. The Balaban J connectivity index is 1.73. The zero-order valence-electron chi connectivity index (χ0n) is 15.7. The Hall–Kier alpha value is -2.35. The summed E-state index contributed by atoms with van der Waals surface area (Å²) in [4.78, 5) is 38.2. The molecule has 0 radical (unpaired) electrons. The average molecular weight is 392 g/mol. The molecule has 27 heavy (non-hydrogen) atoms. The van der Waals surface area contributed by atoms with E-state index in [0.29, 0.717) is 10.8 Å². The van der Waals surface area contributed by atoms with Crippen LogP contribution in [0, 0.1) is 5.92 Å². The molecule has 2 atom stereocenters. The molecule has 0 fully saturated rings. The summed E-state index contributed by atoms with van der Waals surface area (Å²) in [6, 6.07) is 0.937. The van der Waals surface area contributed by atoms with Gasteiger partial charge in [-0.05, 0) is 50.7 Å². The average Bonchev–Trinajstić information content (AvgIpc) is 3.02. The summed E-state index contributed by atoms with van der Waals surface area (Å²) in [5, 5.41) is 5.16. The molecule has 1 aromatic heterocycles. The summed E-state index contributed by atoms with van der Waals surface area (Å²) in [5.41, 5.74) is 1.75. The van der Waals surface area contributed by atoms with Crippen LogP contribution in [0.3, 0.4) is 0 Å². The fraction of sp³-hybridized carbons (Fsp3) is 0.526. The number of nitrogens with one attached hydrogen (secondary N) is 2. The van der Waals surface area contributed by atoms with Gasteiger partial charge in [0, 0.05) is 4.88 Å². The first-order valence-electron chi connectivity index (χ1n) is 9.15. The van der Waals surface area contributed by atoms with Crippen LogP contribution in [0.25, 0.3) is 0 Å². The first kappa shape index (κ1) is 19.4. The molecule has 2 heterocycles. The van der Waals surface area contributed by atoms with Crippen molar-refractivity contribution in [3.05, 3.63) is 32.7 Å². The van der Waals surface area contributed by atoms with Crippen LogP contribution in [-0.2, 0) is 27.1 Å². The fourth-order valence-corrected chi connectivity index (χ4v) is 4.51. The second-order valence-electron chi connectivity index (χ2n) is 6.92. The van der Waals surface area contributed by atoms with Gasteiger partial charge in [0.25, 0.3) is 0 Å². The highest BCUT2D eigenvalue weighted by Gasteiger charge is 2.30. The van der Waals surface area contributed by atoms with Crippen LogP contribution in [-0.4, -0.2) is 37.2 Å². The van der Waals surface area contributed by atoms with Crippen molar-refractivity contribution in [2.45, 2.75) is 46.1 Å². The third kappa shape index (κ3) is 4.32. The van der Waals surface area contributed by atoms with Gasteiger partial charge < -0.3 is 20.1 Å². The zero-order chi connectivity index (χ0) is 19.6. The predicted molar refractivity (Wildman–Crippen MR) is 101 cm³/mol. The molecule has 8 heteroatoms. The maximum atomic E-state index is 12.5. The highest BCUT2D eigenvalue weighted by Crippen LogP contribution is 2.32. The van der Waals surface area contributed by atoms with E-state index >= 15 is 0 Å². The number of carbonyl (C=O) groups excluding carboxylic acids is 3. The van der Waals surface area contributed by atoms with Crippen LogP contribution in [0.15, 0.2) is 17.3 Å². The van der Waals surface area contributed by atoms with Gasteiger partial charge in [0.1, 0.15) is 11.5 Å². The number of esters is 2. The second-order valence-corrected chi connectivity index (χ2v) is 8.05. The highest BCUT2D eigenvalue weighted by atomic mass is 32.1. The molecule has 0 saturated carbocycles. The molecule has 0 bridgehead atoms. The normalized spacial score (nSPS) is 21.8. The molecule has 2 aliphatic rings. The molecule has 0 saturated heterocycles. The third-order valence-electron chi connectivity index (χ3n) is 4.74. The minimum absolute atomic E-state index is 0.191. The van der Waals surface area contributed by atoms with Crippen LogP contribution in [0.4, 0.5) is 4.79 Å². The van der Waals surface area contributed by atoms with E-state index in [2.05, 4.69) is 17.6 Å². The maximum Gasteiger partial charge on any atom is 0.348 e.